The molecule has 19 heavy (non-hydrogen) atoms. The fraction of sp³-hybridized carbons (Fsp3) is 0.400. The zero-order chi connectivity index (χ0) is 13.2. The van der Waals surface area contributed by atoms with Gasteiger partial charge < -0.3 is 9.88 Å². The van der Waals surface area contributed by atoms with Crippen molar-refractivity contribution in [3.05, 3.63) is 47.0 Å². The van der Waals surface area contributed by atoms with Gasteiger partial charge in [-0.25, -0.2) is 4.98 Å². The molecule has 0 amide bonds. The van der Waals surface area contributed by atoms with Crippen molar-refractivity contribution in [2.45, 2.75) is 25.7 Å². The van der Waals surface area contributed by atoms with Gasteiger partial charge in [0, 0.05) is 18.9 Å². The van der Waals surface area contributed by atoms with Crippen molar-refractivity contribution in [2.75, 3.05) is 13.1 Å². The minimum Gasteiger partial charge on any atom is -0.316 e. The Morgan fingerprint density at radius 2 is 2.32 bits per heavy atom. The van der Waals surface area contributed by atoms with Crippen molar-refractivity contribution in [3.8, 4) is 5.69 Å². The number of aryl methyl sites for hydroxylation is 1. The number of halogens is 1. The predicted molar refractivity (Wildman–Crippen MR) is 78.2 cm³/mol. The summed E-state index contributed by atoms with van der Waals surface area (Å²) in [5, 5.41) is 4.24. The monoisotopic (exact) mass is 275 g/mol. The molecule has 1 saturated heterocycles. The average Bonchev–Trinajstić information content (AvgIpc) is 2.86. The number of nitrogens with zero attached hydrogens (tertiary/aromatic N) is 2. The van der Waals surface area contributed by atoms with Crippen molar-refractivity contribution in [3.63, 3.8) is 0 Å². The van der Waals surface area contributed by atoms with Crippen molar-refractivity contribution < 1.29 is 0 Å². The number of hydrogen-bond acceptors (Lipinski definition) is 2. The van der Waals surface area contributed by atoms with Gasteiger partial charge in [-0.2, -0.15) is 0 Å². The molecular formula is C15H18ClN3. The van der Waals surface area contributed by atoms with Crippen LogP contribution in [0, 0.1) is 6.92 Å². The molecule has 0 saturated carbocycles. The molecule has 3 rings (SSSR count). The molecule has 1 unspecified atom stereocenters. The first-order valence-electron chi connectivity index (χ1n) is 6.76. The van der Waals surface area contributed by atoms with Crippen LogP contribution in [0.3, 0.4) is 0 Å². The molecule has 1 aromatic carbocycles. The highest BCUT2D eigenvalue weighted by Gasteiger charge is 2.16. The van der Waals surface area contributed by atoms with Gasteiger partial charge in [-0.3, -0.25) is 0 Å². The fourth-order valence-corrected chi connectivity index (χ4v) is 3.02. The highest BCUT2D eigenvalue weighted by atomic mass is 35.5. The van der Waals surface area contributed by atoms with Crippen molar-refractivity contribution in [1.29, 1.82) is 0 Å². The van der Waals surface area contributed by atoms with Crippen molar-refractivity contribution in [1.82, 2.24) is 14.9 Å². The second-order valence-electron chi connectivity index (χ2n) is 5.10. The lowest BCUT2D eigenvalue weighted by Crippen LogP contribution is -2.28. The maximum Gasteiger partial charge on any atom is 0.110 e. The third-order valence-electron chi connectivity index (χ3n) is 3.83. The Balaban J connectivity index is 1.91. The van der Waals surface area contributed by atoms with Gasteiger partial charge >= 0.3 is 0 Å². The summed E-state index contributed by atoms with van der Waals surface area (Å²) in [4.78, 5) is 4.24. The van der Waals surface area contributed by atoms with Crippen LogP contribution in [0.15, 0.2) is 30.6 Å². The molecule has 1 aliphatic heterocycles. The van der Waals surface area contributed by atoms with Crippen LogP contribution in [0.5, 0.6) is 0 Å². The van der Waals surface area contributed by atoms with E-state index in [1.54, 1.807) is 6.20 Å². The molecule has 100 valence electrons. The first-order chi connectivity index (χ1) is 9.25. The van der Waals surface area contributed by atoms with Gasteiger partial charge in [-0.15, -0.1) is 0 Å². The summed E-state index contributed by atoms with van der Waals surface area (Å²) in [7, 11) is 0. The van der Waals surface area contributed by atoms with E-state index in [0.717, 1.165) is 29.6 Å². The second-order valence-corrected chi connectivity index (χ2v) is 5.51. The number of imidazole rings is 1. The zero-order valence-corrected chi connectivity index (χ0v) is 11.8. The number of nitrogens with one attached hydrogen (secondary N) is 1. The van der Waals surface area contributed by atoms with Gasteiger partial charge in [0.15, 0.2) is 0 Å². The smallest absolute Gasteiger partial charge is 0.110 e. The van der Waals surface area contributed by atoms with E-state index in [9.17, 15) is 0 Å². The van der Waals surface area contributed by atoms with Crippen molar-refractivity contribution in [2.24, 2.45) is 0 Å². The van der Waals surface area contributed by atoms with E-state index in [1.165, 1.54) is 18.4 Å². The van der Waals surface area contributed by atoms with E-state index >= 15 is 0 Å². The Morgan fingerprint density at radius 3 is 2.95 bits per heavy atom. The normalized spacial score (nSPS) is 19.6. The molecule has 0 radical (unpaired) electrons. The first kappa shape index (κ1) is 12.7. The number of rotatable bonds is 2. The van der Waals surface area contributed by atoms with Gasteiger partial charge in [0.05, 0.1) is 10.7 Å². The van der Waals surface area contributed by atoms with Gasteiger partial charge in [-0.05, 0) is 49.9 Å². The van der Waals surface area contributed by atoms with Gasteiger partial charge in [0.2, 0.25) is 0 Å². The van der Waals surface area contributed by atoms with E-state index in [4.69, 9.17) is 11.6 Å². The van der Waals surface area contributed by atoms with Crippen LogP contribution in [0.4, 0.5) is 0 Å². The predicted octanol–water partition coefficient (Wildman–Crippen LogP) is 3.30. The lowest BCUT2D eigenvalue weighted by atomic mass is 9.91. The third kappa shape index (κ3) is 2.53. The van der Waals surface area contributed by atoms with E-state index in [0.29, 0.717) is 5.92 Å². The third-order valence-corrected chi connectivity index (χ3v) is 4.13. The maximum atomic E-state index is 6.44. The molecule has 0 bridgehead atoms. The van der Waals surface area contributed by atoms with Crippen LogP contribution in [0.25, 0.3) is 5.69 Å². The highest BCUT2D eigenvalue weighted by molar-refractivity contribution is 6.32. The molecular weight excluding hydrogens is 258 g/mol. The summed E-state index contributed by atoms with van der Waals surface area (Å²) in [5.41, 5.74) is 2.34. The number of aromatic nitrogens is 2. The van der Waals surface area contributed by atoms with Crippen LogP contribution in [0.2, 0.25) is 5.02 Å². The quantitative estimate of drug-likeness (QED) is 0.911. The summed E-state index contributed by atoms with van der Waals surface area (Å²) >= 11 is 6.44. The summed E-state index contributed by atoms with van der Waals surface area (Å²) in [6.45, 7) is 4.17. The number of piperidine rings is 1. The number of benzene rings is 1. The largest absolute Gasteiger partial charge is 0.316 e. The van der Waals surface area contributed by atoms with Gasteiger partial charge in [-0.1, -0.05) is 17.7 Å². The Labute approximate surface area is 118 Å². The number of hydrogen-bond donors (Lipinski definition) is 1. The molecule has 1 fully saturated rings. The molecule has 1 atom stereocenters. The molecule has 1 N–H and O–H groups in total. The van der Waals surface area contributed by atoms with E-state index in [2.05, 4.69) is 28.5 Å². The molecule has 3 nitrogen and oxygen atoms in total. The Hall–Kier alpha value is -1.32. The molecule has 1 aromatic heterocycles. The molecule has 2 heterocycles. The Kier molecular flexibility index (Phi) is 3.58. The topological polar surface area (TPSA) is 29.9 Å². The molecule has 1 aliphatic rings. The van der Waals surface area contributed by atoms with Gasteiger partial charge in [0.25, 0.3) is 0 Å². The second kappa shape index (κ2) is 5.35. The Bertz CT molecular complexity index is 571. The van der Waals surface area contributed by atoms with E-state index in [1.807, 2.05) is 17.7 Å². The molecule has 4 heteroatoms. The highest BCUT2D eigenvalue weighted by Crippen LogP contribution is 2.29. The first-order valence-corrected chi connectivity index (χ1v) is 7.14. The van der Waals surface area contributed by atoms with Crippen LogP contribution >= 0.6 is 11.6 Å². The van der Waals surface area contributed by atoms with Crippen molar-refractivity contribution >= 4 is 11.6 Å². The van der Waals surface area contributed by atoms with Crippen LogP contribution in [0.1, 0.15) is 30.1 Å². The standard InChI is InChI=1S/C15H18ClN3/c1-11-18-7-8-19(11)15-5-4-12(9-14(15)16)13-3-2-6-17-10-13/h4-5,7-9,13,17H,2-3,6,10H2,1H3. The van der Waals surface area contributed by atoms with E-state index in [-0.39, 0.29) is 0 Å². The minimum absolute atomic E-state index is 0.587. The lowest BCUT2D eigenvalue weighted by Gasteiger charge is -2.23. The fourth-order valence-electron chi connectivity index (χ4n) is 2.74. The summed E-state index contributed by atoms with van der Waals surface area (Å²) in [5.74, 6) is 1.54. The van der Waals surface area contributed by atoms with Crippen LogP contribution in [-0.2, 0) is 0 Å². The van der Waals surface area contributed by atoms with E-state index < -0.39 is 0 Å². The maximum absolute atomic E-state index is 6.44. The summed E-state index contributed by atoms with van der Waals surface area (Å²) in [6.07, 6.45) is 6.22. The Morgan fingerprint density at radius 1 is 1.42 bits per heavy atom. The van der Waals surface area contributed by atoms with Crippen LogP contribution in [-0.4, -0.2) is 22.6 Å². The SMILES string of the molecule is Cc1nccn1-c1ccc(C2CCCNC2)cc1Cl. The average molecular weight is 276 g/mol. The van der Waals surface area contributed by atoms with Gasteiger partial charge in [0.1, 0.15) is 5.82 Å². The zero-order valence-electron chi connectivity index (χ0n) is 11.1. The van der Waals surface area contributed by atoms with Crippen LogP contribution < -0.4 is 5.32 Å². The molecule has 2 aromatic rings. The molecule has 0 aliphatic carbocycles. The minimum atomic E-state index is 0.587. The summed E-state index contributed by atoms with van der Waals surface area (Å²) < 4.78 is 2.02. The summed E-state index contributed by atoms with van der Waals surface area (Å²) in [6, 6.07) is 6.40. The molecule has 0 spiro atoms. The lowest BCUT2D eigenvalue weighted by molar-refractivity contribution is 0.461.